The number of nitrogens with one attached hydrogen (secondary N) is 1. The van der Waals surface area contributed by atoms with Crippen molar-refractivity contribution in [3.63, 3.8) is 0 Å². The fourth-order valence-corrected chi connectivity index (χ4v) is 0.989. The van der Waals surface area contributed by atoms with Crippen molar-refractivity contribution in [2.75, 3.05) is 13.6 Å². The van der Waals surface area contributed by atoms with Crippen molar-refractivity contribution >= 4 is 0 Å². The van der Waals surface area contributed by atoms with Gasteiger partial charge >= 0.3 is 0 Å². The standard InChI is InChI=1S/C9H14N2/c1-8-3-6-11-9(7-8)4-5-10-2/h3,6-7,10H,4-5H2,1-2H3. The summed E-state index contributed by atoms with van der Waals surface area (Å²) >= 11 is 0. The van der Waals surface area contributed by atoms with Gasteiger partial charge in [0, 0.05) is 24.9 Å². The lowest BCUT2D eigenvalue weighted by Crippen LogP contribution is -2.11. The normalized spacial score (nSPS) is 10.0. The second-order valence-electron chi connectivity index (χ2n) is 2.68. The number of likely N-dealkylation sites (N-methyl/N-ethyl adjacent to an activating group) is 1. The first-order valence-electron chi connectivity index (χ1n) is 3.89. The maximum atomic E-state index is 4.24. The minimum absolute atomic E-state index is 0.996. The Bertz CT molecular complexity index is 221. The van der Waals surface area contributed by atoms with Crippen LogP contribution in [0.25, 0.3) is 0 Å². The molecule has 0 aliphatic rings. The molecule has 0 fully saturated rings. The van der Waals surface area contributed by atoms with Gasteiger partial charge in [0.25, 0.3) is 0 Å². The SMILES string of the molecule is CNCCc1cc(C)ccn1. The monoisotopic (exact) mass is 150 g/mol. The minimum atomic E-state index is 0.996. The first-order chi connectivity index (χ1) is 5.33. The Morgan fingerprint density at radius 1 is 1.55 bits per heavy atom. The molecule has 0 aromatic carbocycles. The van der Waals surface area contributed by atoms with E-state index in [4.69, 9.17) is 0 Å². The molecule has 0 spiro atoms. The van der Waals surface area contributed by atoms with Crippen LogP contribution in [0.3, 0.4) is 0 Å². The summed E-state index contributed by atoms with van der Waals surface area (Å²) in [7, 11) is 1.95. The molecule has 1 rings (SSSR count). The predicted molar refractivity (Wildman–Crippen MR) is 46.6 cm³/mol. The van der Waals surface area contributed by atoms with Crippen LogP contribution in [0.1, 0.15) is 11.3 Å². The van der Waals surface area contributed by atoms with Gasteiger partial charge in [-0.1, -0.05) is 0 Å². The van der Waals surface area contributed by atoms with E-state index in [1.807, 2.05) is 19.3 Å². The fourth-order valence-electron chi connectivity index (χ4n) is 0.989. The summed E-state index contributed by atoms with van der Waals surface area (Å²) in [6.07, 6.45) is 2.87. The van der Waals surface area contributed by atoms with Gasteiger partial charge in [0.15, 0.2) is 0 Å². The maximum Gasteiger partial charge on any atom is 0.0418 e. The molecule has 0 aliphatic heterocycles. The number of rotatable bonds is 3. The summed E-state index contributed by atoms with van der Waals surface area (Å²) in [5.41, 5.74) is 2.45. The van der Waals surface area contributed by atoms with Crippen LogP contribution >= 0.6 is 0 Å². The number of hydrogen-bond acceptors (Lipinski definition) is 2. The van der Waals surface area contributed by atoms with E-state index in [0.29, 0.717) is 0 Å². The summed E-state index contributed by atoms with van der Waals surface area (Å²) in [6, 6.07) is 4.14. The Morgan fingerprint density at radius 2 is 2.36 bits per heavy atom. The highest BCUT2D eigenvalue weighted by Gasteiger charge is 1.92. The lowest BCUT2D eigenvalue weighted by Gasteiger charge is -1.99. The lowest BCUT2D eigenvalue weighted by atomic mass is 10.2. The summed E-state index contributed by atoms with van der Waals surface area (Å²) in [6.45, 7) is 3.08. The van der Waals surface area contributed by atoms with E-state index in [9.17, 15) is 0 Å². The van der Waals surface area contributed by atoms with Crippen molar-refractivity contribution in [3.05, 3.63) is 29.6 Å². The molecule has 60 valence electrons. The van der Waals surface area contributed by atoms with Gasteiger partial charge in [-0.15, -0.1) is 0 Å². The van der Waals surface area contributed by atoms with Crippen LogP contribution in [-0.2, 0) is 6.42 Å². The van der Waals surface area contributed by atoms with Crippen molar-refractivity contribution < 1.29 is 0 Å². The molecule has 1 N–H and O–H groups in total. The summed E-state index contributed by atoms with van der Waals surface area (Å²) in [5.74, 6) is 0. The number of aryl methyl sites for hydroxylation is 1. The molecule has 0 saturated heterocycles. The lowest BCUT2D eigenvalue weighted by molar-refractivity contribution is 0.776. The maximum absolute atomic E-state index is 4.24. The van der Waals surface area contributed by atoms with Crippen LogP contribution in [0.2, 0.25) is 0 Å². The van der Waals surface area contributed by atoms with Crippen LogP contribution in [0.5, 0.6) is 0 Å². The van der Waals surface area contributed by atoms with Crippen molar-refractivity contribution in [2.45, 2.75) is 13.3 Å². The van der Waals surface area contributed by atoms with E-state index in [2.05, 4.69) is 23.3 Å². The zero-order valence-corrected chi connectivity index (χ0v) is 7.09. The van der Waals surface area contributed by atoms with E-state index in [0.717, 1.165) is 13.0 Å². The zero-order valence-electron chi connectivity index (χ0n) is 7.09. The molecule has 0 saturated carbocycles. The first-order valence-corrected chi connectivity index (χ1v) is 3.89. The molecule has 0 radical (unpaired) electrons. The Kier molecular flexibility index (Phi) is 3.05. The third-order valence-corrected chi connectivity index (χ3v) is 1.60. The molecule has 0 unspecified atom stereocenters. The van der Waals surface area contributed by atoms with Crippen LogP contribution in [0, 0.1) is 6.92 Å². The van der Waals surface area contributed by atoms with Gasteiger partial charge in [0.05, 0.1) is 0 Å². The van der Waals surface area contributed by atoms with Gasteiger partial charge < -0.3 is 5.32 Å². The second-order valence-corrected chi connectivity index (χ2v) is 2.68. The molecule has 1 heterocycles. The Labute approximate surface area is 67.7 Å². The summed E-state index contributed by atoms with van der Waals surface area (Å²) < 4.78 is 0. The molecule has 11 heavy (non-hydrogen) atoms. The highest BCUT2D eigenvalue weighted by atomic mass is 14.8. The average molecular weight is 150 g/mol. The van der Waals surface area contributed by atoms with Gasteiger partial charge in [-0.2, -0.15) is 0 Å². The van der Waals surface area contributed by atoms with E-state index in [-0.39, 0.29) is 0 Å². The molecule has 2 nitrogen and oxygen atoms in total. The quantitative estimate of drug-likeness (QED) is 0.699. The first kappa shape index (κ1) is 8.21. The van der Waals surface area contributed by atoms with Gasteiger partial charge in [-0.05, 0) is 31.7 Å². The smallest absolute Gasteiger partial charge is 0.0418 e. The van der Waals surface area contributed by atoms with Crippen LogP contribution < -0.4 is 5.32 Å². The molecule has 0 aliphatic carbocycles. The van der Waals surface area contributed by atoms with E-state index >= 15 is 0 Å². The van der Waals surface area contributed by atoms with Gasteiger partial charge in [0.1, 0.15) is 0 Å². The van der Waals surface area contributed by atoms with Crippen molar-refractivity contribution in [1.82, 2.24) is 10.3 Å². The zero-order chi connectivity index (χ0) is 8.10. The summed E-state index contributed by atoms with van der Waals surface area (Å²) in [4.78, 5) is 4.24. The van der Waals surface area contributed by atoms with Gasteiger partial charge in [-0.3, -0.25) is 4.98 Å². The average Bonchev–Trinajstić information content (AvgIpc) is 2.01. The van der Waals surface area contributed by atoms with Crippen molar-refractivity contribution in [1.29, 1.82) is 0 Å². The van der Waals surface area contributed by atoms with Crippen LogP contribution in [0.15, 0.2) is 18.3 Å². The molecule has 2 heteroatoms. The number of aromatic nitrogens is 1. The highest BCUT2D eigenvalue weighted by Crippen LogP contribution is 1.99. The molecule has 1 aromatic heterocycles. The van der Waals surface area contributed by atoms with E-state index in [1.54, 1.807) is 0 Å². The number of nitrogens with zero attached hydrogens (tertiary/aromatic N) is 1. The van der Waals surface area contributed by atoms with Gasteiger partial charge in [0.2, 0.25) is 0 Å². The molecular weight excluding hydrogens is 136 g/mol. The topological polar surface area (TPSA) is 24.9 Å². The third kappa shape index (κ3) is 2.68. The Hall–Kier alpha value is -0.890. The van der Waals surface area contributed by atoms with E-state index in [1.165, 1.54) is 11.3 Å². The predicted octanol–water partition coefficient (Wildman–Crippen LogP) is 1.15. The molecule has 1 aromatic rings. The van der Waals surface area contributed by atoms with Gasteiger partial charge in [-0.25, -0.2) is 0 Å². The fraction of sp³-hybridized carbons (Fsp3) is 0.444. The molecular formula is C9H14N2. The Balaban J connectivity index is 2.56. The van der Waals surface area contributed by atoms with Crippen molar-refractivity contribution in [2.24, 2.45) is 0 Å². The number of pyridine rings is 1. The molecule has 0 bridgehead atoms. The molecule has 0 amide bonds. The summed E-state index contributed by atoms with van der Waals surface area (Å²) in [5, 5.41) is 3.10. The minimum Gasteiger partial charge on any atom is -0.319 e. The number of hydrogen-bond donors (Lipinski definition) is 1. The van der Waals surface area contributed by atoms with Crippen LogP contribution in [0.4, 0.5) is 0 Å². The van der Waals surface area contributed by atoms with Crippen molar-refractivity contribution in [3.8, 4) is 0 Å². The van der Waals surface area contributed by atoms with E-state index < -0.39 is 0 Å². The molecule has 0 atom stereocenters. The Morgan fingerprint density at radius 3 is 3.00 bits per heavy atom. The van der Waals surface area contributed by atoms with Crippen LogP contribution in [-0.4, -0.2) is 18.6 Å². The third-order valence-electron chi connectivity index (χ3n) is 1.60. The second kappa shape index (κ2) is 4.09. The highest BCUT2D eigenvalue weighted by molar-refractivity contribution is 5.14. The largest absolute Gasteiger partial charge is 0.319 e.